The van der Waals surface area contributed by atoms with Crippen LogP contribution in [0.2, 0.25) is 0 Å². The van der Waals surface area contributed by atoms with Gasteiger partial charge in [-0.3, -0.25) is 14.4 Å². The molecular weight excluding hydrogens is 200 g/mol. The highest BCUT2D eigenvalue weighted by molar-refractivity contribution is 5.98. The van der Waals surface area contributed by atoms with Crippen molar-refractivity contribution in [1.29, 1.82) is 0 Å². The average Bonchev–Trinajstić information content (AvgIpc) is 2.13. The van der Waals surface area contributed by atoms with Crippen LogP contribution in [0.5, 0.6) is 0 Å². The Hall–Kier alpha value is -1.39. The molecule has 86 valence electrons. The maximum absolute atomic E-state index is 11.4. The highest BCUT2D eigenvalue weighted by Crippen LogP contribution is 2.04. The molecule has 1 atom stereocenters. The minimum atomic E-state index is -0.841. The molecule has 0 N–H and O–H groups in total. The fraction of sp³-hybridized carbons (Fsp3) is 0.700. The van der Waals surface area contributed by atoms with E-state index in [0.717, 1.165) is 0 Å². The Kier molecular flexibility index (Phi) is 6.33. The molecule has 0 bridgehead atoms. The van der Waals surface area contributed by atoms with Gasteiger partial charge in [0.15, 0.2) is 11.9 Å². The molecule has 0 aromatic heterocycles. The standard InChI is InChI=1S/C10H16O5/c1-4-9(15-7(3)11)8(12)6-10(13)14-5-2/h9H,4-6H2,1-3H3. The second-order valence-electron chi connectivity index (χ2n) is 2.95. The SMILES string of the molecule is CCOC(=O)CC(=O)C(CC)OC(C)=O. The smallest absolute Gasteiger partial charge is 0.313 e. The third-order valence-corrected chi connectivity index (χ3v) is 1.66. The van der Waals surface area contributed by atoms with Crippen molar-refractivity contribution < 1.29 is 23.9 Å². The predicted octanol–water partition coefficient (Wildman–Crippen LogP) is 0.850. The summed E-state index contributed by atoms with van der Waals surface area (Å²) in [7, 11) is 0. The Morgan fingerprint density at radius 1 is 1.20 bits per heavy atom. The van der Waals surface area contributed by atoms with E-state index in [9.17, 15) is 14.4 Å². The molecule has 0 rings (SSSR count). The highest BCUT2D eigenvalue weighted by Gasteiger charge is 2.22. The zero-order valence-electron chi connectivity index (χ0n) is 9.24. The maximum atomic E-state index is 11.4. The number of carbonyl (C=O) groups is 3. The van der Waals surface area contributed by atoms with Crippen LogP contribution in [0.4, 0.5) is 0 Å². The molecule has 5 nitrogen and oxygen atoms in total. The van der Waals surface area contributed by atoms with Gasteiger partial charge in [0.2, 0.25) is 0 Å². The summed E-state index contributed by atoms with van der Waals surface area (Å²) >= 11 is 0. The molecule has 0 amide bonds. The van der Waals surface area contributed by atoms with Crippen molar-refractivity contribution in [2.45, 2.75) is 39.7 Å². The summed E-state index contributed by atoms with van der Waals surface area (Å²) in [6.07, 6.45) is -0.829. The van der Waals surface area contributed by atoms with Gasteiger partial charge in [0, 0.05) is 6.92 Å². The van der Waals surface area contributed by atoms with Gasteiger partial charge in [-0.25, -0.2) is 0 Å². The number of Topliss-reactive ketones (excluding diaryl/α,β-unsaturated/α-hetero) is 1. The van der Waals surface area contributed by atoms with Crippen molar-refractivity contribution in [2.24, 2.45) is 0 Å². The van der Waals surface area contributed by atoms with Crippen LogP contribution >= 0.6 is 0 Å². The Morgan fingerprint density at radius 3 is 2.20 bits per heavy atom. The largest absolute Gasteiger partial charge is 0.466 e. The molecule has 0 aliphatic carbocycles. The van der Waals surface area contributed by atoms with Crippen LogP contribution in [0.25, 0.3) is 0 Å². The van der Waals surface area contributed by atoms with Gasteiger partial charge in [-0.1, -0.05) is 6.92 Å². The Morgan fingerprint density at radius 2 is 1.80 bits per heavy atom. The van der Waals surface area contributed by atoms with Crippen LogP contribution in [0.3, 0.4) is 0 Å². The first kappa shape index (κ1) is 13.6. The van der Waals surface area contributed by atoms with E-state index >= 15 is 0 Å². The van der Waals surface area contributed by atoms with Crippen LogP contribution in [0.15, 0.2) is 0 Å². The number of rotatable bonds is 6. The Labute approximate surface area is 88.7 Å². The summed E-state index contributed by atoms with van der Waals surface area (Å²) in [6, 6.07) is 0. The minimum absolute atomic E-state index is 0.233. The number of hydrogen-bond donors (Lipinski definition) is 0. The first-order valence-electron chi connectivity index (χ1n) is 4.86. The molecule has 0 aliphatic rings. The van der Waals surface area contributed by atoms with Gasteiger partial charge in [0.05, 0.1) is 6.61 Å². The number of ether oxygens (including phenoxy) is 2. The molecule has 0 spiro atoms. The third-order valence-electron chi connectivity index (χ3n) is 1.66. The predicted molar refractivity (Wildman–Crippen MR) is 52.1 cm³/mol. The van der Waals surface area contributed by atoms with E-state index in [1.807, 2.05) is 0 Å². The molecular formula is C10H16O5. The second kappa shape index (κ2) is 6.98. The normalized spacial score (nSPS) is 11.7. The fourth-order valence-corrected chi connectivity index (χ4v) is 1.05. The second-order valence-corrected chi connectivity index (χ2v) is 2.95. The zero-order valence-corrected chi connectivity index (χ0v) is 9.24. The topological polar surface area (TPSA) is 69.7 Å². The zero-order chi connectivity index (χ0) is 11.8. The molecule has 0 aliphatic heterocycles. The summed E-state index contributed by atoms with van der Waals surface area (Å²) in [5.41, 5.74) is 0. The lowest BCUT2D eigenvalue weighted by atomic mass is 10.1. The van der Waals surface area contributed by atoms with Crippen LogP contribution in [0.1, 0.15) is 33.6 Å². The lowest BCUT2D eigenvalue weighted by Crippen LogP contribution is -2.28. The van der Waals surface area contributed by atoms with Gasteiger partial charge >= 0.3 is 11.9 Å². The summed E-state index contributed by atoms with van der Waals surface area (Å²) in [5, 5.41) is 0. The number of hydrogen-bond acceptors (Lipinski definition) is 5. The summed E-state index contributed by atoms with van der Waals surface area (Å²) in [5.74, 6) is -1.54. The van der Waals surface area contributed by atoms with E-state index in [2.05, 4.69) is 4.74 Å². The molecule has 5 heteroatoms. The van der Waals surface area contributed by atoms with Crippen molar-refractivity contribution >= 4 is 17.7 Å². The first-order chi connectivity index (χ1) is 7.01. The third kappa shape index (κ3) is 5.83. The van der Waals surface area contributed by atoms with Crippen molar-refractivity contribution in [1.82, 2.24) is 0 Å². The molecule has 0 radical (unpaired) electrons. The van der Waals surface area contributed by atoms with Gasteiger partial charge < -0.3 is 9.47 Å². The minimum Gasteiger partial charge on any atom is -0.466 e. The van der Waals surface area contributed by atoms with E-state index in [1.54, 1.807) is 13.8 Å². The number of ketones is 1. The van der Waals surface area contributed by atoms with E-state index < -0.39 is 23.8 Å². The van der Waals surface area contributed by atoms with Crippen molar-refractivity contribution in [2.75, 3.05) is 6.61 Å². The Balaban J connectivity index is 4.15. The molecule has 15 heavy (non-hydrogen) atoms. The lowest BCUT2D eigenvalue weighted by Gasteiger charge is -2.12. The van der Waals surface area contributed by atoms with E-state index in [4.69, 9.17) is 4.74 Å². The van der Waals surface area contributed by atoms with Crippen LogP contribution in [0, 0.1) is 0 Å². The monoisotopic (exact) mass is 216 g/mol. The molecule has 0 heterocycles. The van der Waals surface area contributed by atoms with Gasteiger partial charge in [-0.15, -0.1) is 0 Å². The van der Waals surface area contributed by atoms with Gasteiger partial charge in [0.1, 0.15) is 6.42 Å². The summed E-state index contributed by atoms with van der Waals surface area (Å²) in [4.78, 5) is 33.0. The van der Waals surface area contributed by atoms with Crippen LogP contribution in [-0.4, -0.2) is 30.4 Å². The molecule has 0 aromatic rings. The van der Waals surface area contributed by atoms with Gasteiger partial charge in [-0.2, -0.15) is 0 Å². The fourth-order valence-electron chi connectivity index (χ4n) is 1.05. The van der Waals surface area contributed by atoms with Crippen molar-refractivity contribution in [3.63, 3.8) is 0 Å². The molecule has 1 unspecified atom stereocenters. The molecule has 0 fully saturated rings. The van der Waals surface area contributed by atoms with E-state index in [0.29, 0.717) is 6.42 Å². The quantitative estimate of drug-likeness (QED) is 0.486. The highest BCUT2D eigenvalue weighted by atomic mass is 16.5. The van der Waals surface area contributed by atoms with Gasteiger partial charge in [-0.05, 0) is 13.3 Å². The number of carbonyl (C=O) groups excluding carboxylic acids is 3. The maximum Gasteiger partial charge on any atom is 0.313 e. The van der Waals surface area contributed by atoms with Crippen molar-refractivity contribution in [3.05, 3.63) is 0 Å². The summed E-state index contributed by atoms with van der Waals surface area (Å²) in [6.45, 7) is 4.82. The first-order valence-corrected chi connectivity index (χ1v) is 4.86. The Bertz CT molecular complexity index is 246. The lowest BCUT2D eigenvalue weighted by molar-refractivity contribution is -0.156. The molecule has 0 aromatic carbocycles. The van der Waals surface area contributed by atoms with Crippen LogP contribution in [-0.2, 0) is 23.9 Å². The average molecular weight is 216 g/mol. The van der Waals surface area contributed by atoms with Gasteiger partial charge in [0.25, 0.3) is 0 Å². The van der Waals surface area contributed by atoms with E-state index in [-0.39, 0.29) is 13.0 Å². The van der Waals surface area contributed by atoms with Crippen LogP contribution < -0.4 is 0 Å². The van der Waals surface area contributed by atoms with Crippen molar-refractivity contribution in [3.8, 4) is 0 Å². The molecule has 0 saturated carbocycles. The summed E-state index contributed by atoms with van der Waals surface area (Å²) < 4.78 is 9.36. The number of esters is 2. The van der Waals surface area contributed by atoms with E-state index in [1.165, 1.54) is 6.92 Å². The molecule has 0 saturated heterocycles.